The molecule has 0 amide bonds. The molecule has 0 saturated heterocycles. The van der Waals surface area contributed by atoms with Gasteiger partial charge in [-0.2, -0.15) is 0 Å². The molecule has 0 saturated carbocycles. The highest BCUT2D eigenvalue weighted by atomic mass is 15.1. The van der Waals surface area contributed by atoms with E-state index in [1.165, 1.54) is 0 Å². The SMILES string of the molecule is C[n+]1ccn(CCCN=C2C=CC(=Nc3cc(Nc4ccccc4)c(N)cc3N)C=C2)c1. The third-order valence-electron chi connectivity index (χ3n) is 5.04. The van der Waals surface area contributed by atoms with Crippen molar-refractivity contribution >= 4 is 39.9 Å². The number of para-hydroxylation sites is 1. The lowest BCUT2D eigenvalue weighted by molar-refractivity contribution is -0.671. The summed E-state index contributed by atoms with van der Waals surface area (Å²) in [7, 11) is 2.02. The molecule has 32 heavy (non-hydrogen) atoms. The molecular formula is C25H28N7+. The number of aryl methyl sites for hydroxylation is 2. The zero-order valence-electron chi connectivity index (χ0n) is 18.1. The number of anilines is 4. The number of nitrogen functional groups attached to an aromatic ring is 2. The summed E-state index contributed by atoms with van der Waals surface area (Å²) in [5.41, 5.74) is 17.6. The molecule has 1 heterocycles. The van der Waals surface area contributed by atoms with Gasteiger partial charge in [-0.25, -0.2) is 14.1 Å². The number of hydrogen-bond acceptors (Lipinski definition) is 5. The van der Waals surface area contributed by atoms with Gasteiger partial charge in [-0.1, -0.05) is 18.2 Å². The van der Waals surface area contributed by atoms with Gasteiger partial charge in [0.2, 0.25) is 6.33 Å². The van der Waals surface area contributed by atoms with Crippen molar-refractivity contribution in [2.24, 2.45) is 17.0 Å². The quantitative estimate of drug-likeness (QED) is 0.231. The second-order valence-corrected chi connectivity index (χ2v) is 7.67. The van der Waals surface area contributed by atoms with Crippen molar-refractivity contribution < 1.29 is 4.57 Å². The van der Waals surface area contributed by atoms with E-state index in [2.05, 4.69) is 27.4 Å². The van der Waals surface area contributed by atoms with Gasteiger partial charge in [0.25, 0.3) is 0 Å². The Bertz CT molecular complexity index is 1180. The summed E-state index contributed by atoms with van der Waals surface area (Å²) in [6.07, 6.45) is 15.0. The van der Waals surface area contributed by atoms with Crippen molar-refractivity contribution in [2.45, 2.75) is 13.0 Å². The van der Waals surface area contributed by atoms with Gasteiger partial charge in [-0.05, 0) is 48.6 Å². The molecule has 5 N–H and O–H groups in total. The van der Waals surface area contributed by atoms with Crippen molar-refractivity contribution in [2.75, 3.05) is 23.3 Å². The third kappa shape index (κ3) is 5.51. The number of aliphatic imine (C=N–C) groups is 2. The molecule has 0 fully saturated rings. The smallest absolute Gasteiger partial charge is 0.243 e. The molecule has 7 nitrogen and oxygen atoms in total. The van der Waals surface area contributed by atoms with Crippen LogP contribution in [0.3, 0.4) is 0 Å². The maximum atomic E-state index is 6.17. The molecule has 2 aromatic carbocycles. The fourth-order valence-electron chi connectivity index (χ4n) is 3.37. The first-order valence-corrected chi connectivity index (χ1v) is 10.6. The van der Waals surface area contributed by atoms with E-state index in [0.717, 1.165) is 42.3 Å². The molecule has 4 rings (SSSR count). The lowest BCUT2D eigenvalue weighted by atomic mass is 10.1. The van der Waals surface area contributed by atoms with E-state index in [1.807, 2.05) is 78.5 Å². The maximum absolute atomic E-state index is 6.17. The number of nitrogens with zero attached hydrogens (tertiary/aromatic N) is 4. The Balaban J connectivity index is 1.40. The molecular weight excluding hydrogens is 398 g/mol. The second kappa shape index (κ2) is 9.78. The summed E-state index contributed by atoms with van der Waals surface area (Å²) in [6, 6.07) is 13.5. The highest BCUT2D eigenvalue weighted by Crippen LogP contribution is 2.33. The Hall–Kier alpha value is -4.13. The van der Waals surface area contributed by atoms with Gasteiger partial charge in [0.15, 0.2) is 0 Å². The molecule has 0 unspecified atom stereocenters. The summed E-state index contributed by atoms with van der Waals surface area (Å²) in [6.45, 7) is 1.73. The summed E-state index contributed by atoms with van der Waals surface area (Å²) < 4.78 is 4.20. The first-order valence-electron chi connectivity index (χ1n) is 10.6. The van der Waals surface area contributed by atoms with Crippen molar-refractivity contribution in [3.05, 3.63) is 85.5 Å². The standard InChI is InChI=1S/C25H28N7/c1-31-14-15-32(18-31)13-5-12-28-19-8-10-21(11-9-19)30-25-17-24(22(26)16-23(25)27)29-20-6-3-2-4-7-20/h2-4,6-11,14-18,29H,5,12-13,26-27H2,1H3/q+1. The first kappa shape index (κ1) is 21.1. The molecule has 3 aromatic rings. The number of allylic oxidation sites excluding steroid dienone is 4. The average Bonchev–Trinajstić information content (AvgIpc) is 3.21. The van der Waals surface area contributed by atoms with E-state index >= 15 is 0 Å². The van der Waals surface area contributed by atoms with Gasteiger partial charge in [-0.15, -0.1) is 0 Å². The lowest BCUT2D eigenvalue weighted by Crippen LogP contribution is -2.23. The molecule has 1 aromatic heterocycles. The minimum Gasteiger partial charge on any atom is -0.397 e. The molecule has 0 aliphatic heterocycles. The predicted molar refractivity (Wildman–Crippen MR) is 133 cm³/mol. The van der Waals surface area contributed by atoms with E-state index in [9.17, 15) is 0 Å². The molecule has 1 aliphatic carbocycles. The Morgan fingerprint density at radius 1 is 0.969 bits per heavy atom. The maximum Gasteiger partial charge on any atom is 0.243 e. The monoisotopic (exact) mass is 426 g/mol. The van der Waals surface area contributed by atoms with Crippen LogP contribution in [0.1, 0.15) is 6.42 Å². The zero-order chi connectivity index (χ0) is 22.3. The van der Waals surface area contributed by atoms with Crippen LogP contribution in [0.15, 0.2) is 95.5 Å². The molecule has 7 heteroatoms. The number of benzene rings is 2. The van der Waals surface area contributed by atoms with Crippen LogP contribution in [0.4, 0.5) is 28.4 Å². The van der Waals surface area contributed by atoms with Crippen LogP contribution >= 0.6 is 0 Å². The second-order valence-electron chi connectivity index (χ2n) is 7.67. The molecule has 1 aliphatic rings. The Morgan fingerprint density at radius 2 is 1.72 bits per heavy atom. The highest BCUT2D eigenvalue weighted by Gasteiger charge is 2.08. The number of rotatable bonds is 7. The van der Waals surface area contributed by atoms with Gasteiger partial charge in [-0.3, -0.25) is 4.99 Å². The topological polar surface area (TPSA) is 97.6 Å². The van der Waals surface area contributed by atoms with Crippen molar-refractivity contribution in [3.8, 4) is 0 Å². The number of imidazole rings is 1. The van der Waals surface area contributed by atoms with Crippen molar-refractivity contribution in [1.82, 2.24) is 4.57 Å². The van der Waals surface area contributed by atoms with Crippen LogP contribution in [0.25, 0.3) is 0 Å². The van der Waals surface area contributed by atoms with Crippen LogP contribution in [0.2, 0.25) is 0 Å². The van der Waals surface area contributed by atoms with Gasteiger partial charge in [0.05, 0.1) is 47.8 Å². The molecule has 0 radical (unpaired) electrons. The molecule has 162 valence electrons. The first-order chi connectivity index (χ1) is 15.6. The number of nitrogens with one attached hydrogen (secondary N) is 1. The van der Waals surface area contributed by atoms with Gasteiger partial charge < -0.3 is 16.8 Å². The van der Waals surface area contributed by atoms with Crippen LogP contribution < -0.4 is 21.4 Å². The Labute approximate surface area is 188 Å². The van der Waals surface area contributed by atoms with Crippen LogP contribution in [0.5, 0.6) is 0 Å². The van der Waals surface area contributed by atoms with E-state index < -0.39 is 0 Å². The number of hydrogen-bond donors (Lipinski definition) is 3. The van der Waals surface area contributed by atoms with Crippen molar-refractivity contribution in [3.63, 3.8) is 0 Å². The fourth-order valence-corrected chi connectivity index (χ4v) is 3.37. The number of nitrogens with two attached hydrogens (primary N) is 2. The van der Waals surface area contributed by atoms with E-state index in [0.29, 0.717) is 17.1 Å². The van der Waals surface area contributed by atoms with Crippen molar-refractivity contribution in [1.29, 1.82) is 0 Å². The largest absolute Gasteiger partial charge is 0.397 e. The lowest BCUT2D eigenvalue weighted by Gasteiger charge is -2.12. The minimum absolute atomic E-state index is 0.535. The normalized spacial score (nSPS) is 12.8. The van der Waals surface area contributed by atoms with Gasteiger partial charge in [0.1, 0.15) is 12.4 Å². The number of aromatic nitrogens is 2. The van der Waals surface area contributed by atoms with Gasteiger partial charge >= 0.3 is 0 Å². The minimum atomic E-state index is 0.535. The van der Waals surface area contributed by atoms with Crippen LogP contribution in [-0.4, -0.2) is 22.5 Å². The highest BCUT2D eigenvalue weighted by molar-refractivity contribution is 6.19. The average molecular weight is 427 g/mol. The van der Waals surface area contributed by atoms with E-state index in [-0.39, 0.29) is 0 Å². The predicted octanol–water partition coefficient (Wildman–Crippen LogP) is 3.95. The van der Waals surface area contributed by atoms with Crippen LogP contribution in [0, 0.1) is 0 Å². The molecule has 0 bridgehead atoms. The van der Waals surface area contributed by atoms with Crippen LogP contribution in [-0.2, 0) is 13.6 Å². The summed E-state index contributed by atoms with van der Waals surface area (Å²) in [5.74, 6) is 0. The zero-order valence-corrected chi connectivity index (χ0v) is 18.1. The summed E-state index contributed by atoms with van der Waals surface area (Å²) in [5, 5.41) is 3.32. The Morgan fingerprint density at radius 3 is 2.44 bits per heavy atom. The van der Waals surface area contributed by atoms with E-state index in [4.69, 9.17) is 16.5 Å². The Kier molecular flexibility index (Phi) is 6.46. The third-order valence-corrected chi connectivity index (χ3v) is 5.04. The summed E-state index contributed by atoms with van der Waals surface area (Å²) >= 11 is 0. The molecule has 0 spiro atoms. The fraction of sp³-hybridized carbons (Fsp3) is 0.160. The molecule has 0 atom stereocenters. The summed E-state index contributed by atoms with van der Waals surface area (Å²) in [4.78, 5) is 9.35. The van der Waals surface area contributed by atoms with Gasteiger partial charge in [0, 0.05) is 18.7 Å². The van der Waals surface area contributed by atoms with E-state index in [1.54, 1.807) is 6.07 Å².